The fourth-order valence-corrected chi connectivity index (χ4v) is 1.83. The predicted octanol–water partition coefficient (Wildman–Crippen LogP) is 2.99. The van der Waals surface area contributed by atoms with Gasteiger partial charge in [-0.15, -0.1) is 0 Å². The number of hydrogen-bond donors (Lipinski definition) is 1. The molecule has 0 saturated carbocycles. The lowest BCUT2D eigenvalue weighted by Gasteiger charge is -2.05. The van der Waals surface area contributed by atoms with Crippen LogP contribution in [0.4, 0.5) is 0 Å². The standard InChI is InChI=1S/C13H8ClN4/c14-10-3-1-9(2-4-10)12-11(7-15-8-18-12)13-16-5-6-17-13/h1-7H,(H,16,17). The van der Waals surface area contributed by atoms with Gasteiger partial charge in [0.2, 0.25) is 0 Å². The third kappa shape index (κ3) is 1.98. The lowest BCUT2D eigenvalue weighted by atomic mass is 10.1. The summed E-state index contributed by atoms with van der Waals surface area (Å²) in [6, 6.07) is 7.46. The van der Waals surface area contributed by atoms with E-state index in [4.69, 9.17) is 11.6 Å². The van der Waals surface area contributed by atoms with Crippen LogP contribution in [0.3, 0.4) is 0 Å². The zero-order valence-corrected chi connectivity index (χ0v) is 10.0. The van der Waals surface area contributed by atoms with E-state index in [1.54, 1.807) is 18.6 Å². The largest absolute Gasteiger partial charge is 0.345 e. The third-order valence-corrected chi connectivity index (χ3v) is 2.79. The molecule has 0 saturated heterocycles. The number of hydrogen-bond acceptors (Lipinski definition) is 3. The van der Waals surface area contributed by atoms with Crippen LogP contribution in [0.1, 0.15) is 0 Å². The number of aromatic amines is 1. The average Bonchev–Trinajstić information content (AvgIpc) is 2.93. The van der Waals surface area contributed by atoms with E-state index in [9.17, 15) is 0 Å². The van der Waals surface area contributed by atoms with Crippen LogP contribution in [0.15, 0.2) is 42.9 Å². The number of rotatable bonds is 2. The highest BCUT2D eigenvalue weighted by Gasteiger charge is 2.10. The number of nitrogens with zero attached hydrogens (tertiary/aromatic N) is 3. The Hall–Kier alpha value is -2.20. The highest BCUT2D eigenvalue weighted by atomic mass is 35.5. The van der Waals surface area contributed by atoms with E-state index in [0.717, 1.165) is 22.6 Å². The maximum absolute atomic E-state index is 5.88. The average molecular weight is 256 g/mol. The number of H-pyrrole nitrogens is 1. The Morgan fingerprint density at radius 3 is 2.72 bits per heavy atom. The molecule has 0 fully saturated rings. The molecule has 5 heteroatoms. The minimum atomic E-state index is 0.691. The minimum absolute atomic E-state index is 0.691. The fraction of sp³-hybridized carbons (Fsp3) is 0. The van der Waals surface area contributed by atoms with Gasteiger partial charge in [-0.1, -0.05) is 23.7 Å². The van der Waals surface area contributed by atoms with Crippen LogP contribution in [-0.4, -0.2) is 19.9 Å². The number of aromatic nitrogens is 4. The minimum Gasteiger partial charge on any atom is -0.345 e. The first-order chi connectivity index (χ1) is 8.84. The molecule has 0 amide bonds. The Morgan fingerprint density at radius 1 is 1.17 bits per heavy atom. The normalized spacial score (nSPS) is 10.5. The molecule has 18 heavy (non-hydrogen) atoms. The Balaban J connectivity index is 2.15. The predicted molar refractivity (Wildman–Crippen MR) is 68.9 cm³/mol. The number of nitrogens with one attached hydrogen (secondary N) is 1. The molecule has 87 valence electrons. The maximum atomic E-state index is 5.88. The van der Waals surface area contributed by atoms with Crippen molar-refractivity contribution in [1.29, 1.82) is 0 Å². The first kappa shape index (κ1) is 10.9. The molecule has 1 N–H and O–H groups in total. The van der Waals surface area contributed by atoms with E-state index in [2.05, 4.69) is 26.3 Å². The van der Waals surface area contributed by atoms with Gasteiger partial charge in [0.25, 0.3) is 0 Å². The van der Waals surface area contributed by atoms with E-state index >= 15 is 0 Å². The second kappa shape index (κ2) is 4.58. The van der Waals surface area contributed by atoms with Crippen LogP contribution >= 0.6 is 11.6 Å². The fourth-order valence-electron chi connectivity index (χ4n) is 1.71. The summed E-state index contributed by atoms with van der Waals surface area (Å²) in [6.45, 7) is 0. The molecule has 0 atom stereocenters. The zero-order valence-electron chi connectivity index (χ0n) is 9.26. The SMILES string of the molecule is Clc1ccc(-c2n[c]ncc2-c2ncc[nH]2)cc1. The van der Waals surface area contributed by atoms with Crippen molar-refractivity contribution in [2.45, 2.75) is 0 Å². The molecule has 0 aliphatic rings. The monoisotopic (exact) mass is 255 g/mol. The first-order valence-corrected chi connectivity index (χ1v) is 5.71. The molecule has 0 unspecified atom stereocenters. The van der Waals surface area contributed by atoms with E-state index in [1.807, 2.05) is 24.3 Å². The highest BCUT2D eigenvalue weighted by Crippen LogP contribution is 2.27. The molecular weight excluding hydrogens is 248 g/mol. The number of benzene rings is 1. The molecule has 0 aliphatic carbocycles. The molecule has 0 aliphatic heterocycles. The van der Waals surface area contributed by atoms with Crippen LogP contribution in [0.5, 0.6) is 0 Å². The van der Waals surface area contributed by atoms with Gasteiger partial charge in [-0.3, -0.25) is 0 Å². The Kier molecular flexibility index (Phi) is 2.78. The molecule has 3 aromatic rings. The van der Waals surface area contributed by atoms with Crippen LogP contribution in [0, 0.1) is 6.33 Å². The van der Waals surface area contributed by atoms with Crippen LogP contribution in [0.25, 0.3) is 22.6 Å². The lowest BCUT2D eigenvalue weighted by molar-refractivity contribution is 1.14. The molecule has 3 rings (SSSR count). The van der Waals surface area contributed by atoms with Crippen LogP contribution in [-0.2, 0) is 0 Å². The van der Waals surface area contributed by atoms with Crippen molar-refractivity contribution < 1.29 is 0 Å². The summed E-state index contributed by atoms with van der Waals surface area (Å²) < 4.78 is 0. The third-order valence-electron chi connectivity index (χ3n) is 2.54. The highest BCUT2D eigenvalue weighted by molar-refractivity contribution is 6.30. The van der Waals surface area contributed by atoms with Crippen molar-refractivity contribution in [3.8, 4) is 22.6 Å². The van der Waals surface area contributed by atoms with E-state index in [1.165, 1.54) is 0 Å². The molecule has 2 heterocycles. The second-order valence-electron chi connectivity index (χ2n) is 3.68. The van der Waals surface area contributed by atoms with Gasteiger partial charge in [-0.05, 0) is 12.1 Å². The van der Waals surface area contributed by atoms with Crippen molar-refractivity contribution in [3.05, 3.63) is 54.2 Å². The van der Waals surface area contributed by atoms with Gasteiger partial charge in [0.05, 0.1) is 11.3 Å². The van der Waals surface area contributed by atoms with Crippen LogP contribution < -0.4 is 0 Å². The Bertz CT molecular complexity index is 647. The summed E-state index contributed by atoms with van der Waals surface area (Å²) in [5, 5.41) is 0.691. The van der Waals surface area contributed by atoms with Crippen molar-refractivity contribution >= 4 is 11.6 Å². The first-order valence-electron chi connectivity index (χ1n) is 5.33. The Morgan fingerprint density at radius 2 is 2.00 bits per heavy atom. The molecule has 1 radical (unpaired) electrons. The van der Waals surface area contributed by atoms with E-state index in [-0.39, 0.29) is 0 Å². The topological polar surface area (TPSA) is 54.5 Å². The van der Waals surface area contributed by atoms with Gasteiger partial charge in [0.15, 0.2) is 6.33 Å². The van der Waals surface area contributed by atoms with Gasteiger partial charge in [-0.25, -0.2) is 15.0 Å². The van der Waals surface area contributed by atoms with E-state index in [0.29, 0.717) is 5.02 Å². The van der Waals surface area contributed by atoms with Gasteiger partial charge >= 0.3 is 0 Å². The Labute approximate surface area is 109 Å². The number of halogens is 1. The molecule has 0 spiro atoms. The van der Waals surface area contributed by atoms with Crippen molar-refractivity contribution in [3.63, 3.8) is 0 Å². The quantitative estimate of drug-likeness (QED) is 0.766. The molecular formula is C13H8ClN4. The van der Waals surface area contributed by atoms with Gasteiger partial charge in [-0.2, -0.15) is 0 Å². The zero-order chi connectivity index (χ0) is 12.4. The van der Waals surface area contributed by atoms with Gasteiger partial charge in [0.1, 0.15) is 5.82 Å². The van der Waals surface area contributed by atoms with Crippen LogP contribution in [0.2, 0.25) is 5.02 Å². The molecule has 2 aromatic heterocycles. The smallest absolute Gasteiger partial charge is 0.198 e. The molecule has 4 nitrogen and oxygen atoms in total. The summed E-state index contributed by atoms with van der Waals surface area (Å²) in [4.78, 5) is 15.4. The summed E-state index contributed by atoms with van der Waals surface area (Å²) >= 11 is 5.88. The van der Waals surface area contributed by atoms with Crippen molar-refractivity contribution in [2.75, 3.05) is 0 Å². The number of imidazole rings is 1. The molecule has 1 aromatic carbocycles. The second-order valence-corrected chi connectivity index (χ2v) is 4.11. The van der Waals surface area contributed by atoms with Gasteiger partial charge in [0, 0.05) is 29.2 Å². The summed E-state index contributed by atoms with van der Waals surface area (Å²) in [5.41, 5.74) is 2.56. The lowest BCUT2D eigenvalue weighted by Crippen LogP contribution is -1.92. The molecule has 0 bridgehead atoms. The summed E-state index contributed by atoms with van der Waals surface area (Å²) in [7, 11) is 0. The van der Waals surface area contributed by atoms with Crippen molar-refractivity contribution in [1.82, 2.24) is 19.9 Å². The summed E-state index contributed by atoms with van der Waals surface area (Å²) in [5.74, 6) is 0.731. The summed E-state index contributed by atoms with van der Waals surface area (Å²) in [6.07, 6.45) is 7.75. The van der Waals surface area contributed by atoms with Crippen molar-refractivity contribution in [2.24, 2.45) is 0 Å². The van der Waals surface area contributed by atoms with E-state index < -0.39 is 0 Å². The van der Waals surface area contributed by atoms with Gasteiger partial charge < -0.3 is 4.98 Å². The maximum Gasteiger partial charge on any atom is 0.198 e.